The highest BCUT2D eigenvalue weighted by atomic mass is 35.5. The summed E-state index contributed by atoms with van der Waals surface area (Å²) in [6.45, 7) is 9.12. The van der Waals surface area contributed by atoms with Crippen LogP contribution >= 0.6 is 11.6 Å². The van der Waals surface area contributed by atoms with Gasteiger partial charge in [0.05, 0.1) is 0 Å². The molecule has 0 spiro atoms. The average molecular weight is 392 g/mol. The molecule has 1 aromatic carbocycles. The standard InChI is InChI=1S/C21H30ClN3O2/c1-4-15(12-23)19(24)7-5-6-17-10-16(8-9-21(26)27)18(22)11-20(17)25-13-14(2)3/h4-5,7,10-11,14,25H,1,6,8-9,12-13,23-24H2,2-3H3,(H,26,27)/b7-5-,19-15-. The van der Waals surface area contributed by atoms with Gasteiger partial charge < -0.3 is 21.9 Å². The maximum Gasteiger partial charge on any atom is 0.303 e. The van der Waals surface area contributed by atoms with Crippen LogP contribution in [0.3, 0.4) is 0 Å². The van der Waals surface area contributed by atoms with E-state index < -0.39 is 5.97 Å². The van der Waals surface area contributed by atoms with Gasteiger partial charge in [-0.15, -0.1) is 0 Å². The van der Waals surface area contributed by atoms with E-state index in [0.29, 0.717) is 36.0 Å². The molecular weight excluding hydrogens is 362 g/mol. The summed E-state index contributed by atoms with van der Waals surface area (Å²) in [6, 6.07) is 3.84. The van der Waals surface area contributed by atoms with Gasteiger partial charge in [0.1, 0.15) is 0 Å². The highest BCUT2D eigenvalue weighted by Crippen LogP contribution is 2.27. The van der Waals surface area contributed by atoms with Crippen LogP contribution in [0.15, 0.2) is 48.2 Å². The van der Waals surface area contributed by atoms with Crippen molar-refractivity contribution in [2.45, 2.75) is 33.1 Å². The third-order valence-corrected chi connectivity index (χ3v) is 4.41. The van der Waals surface area contributed by atoms with Crippen LogP contribution < -0.4 is 16.8 Å². The third kappa shape index (κ3) is 7.89. The number of carboxylic acid groups (broad SMARTS) is 1. The molecule has 5 nitrogen and oxygen atoms in total. The van der Waals surface area contributed by atoms with Gasteiger partial charge in [-0.05, 0) is 47.6 Å². The number of nitrogens with two attached hydrogens (primary N) is 2. The first-order chi connectivity index (χ1) is 12.8. The van der Waals surface area contributed by atoms with Gasteiger partial charge in [-0.25, -0.2) is 0 Å². The lowest BCUT2D eigenvalue weighted by atomic mass is 10.0. The molecule has 0 aliphatic heterocycles. The molecule has 0 aliphatic rings. The number of hydrogen-bond acceptors (Lipinski definition) is 4. The number of halogens is 1. The normalized spacial score (nSPS) is 12.3. The third-order valence-electron chi connectivity index (χ3n) is 4.05. The van der Waals surface area contributed by atoms with E-state index in [9.17, 15) is 4.79 Å². The van der Waals surface area contributed by atoms with Gasteiger partial charge in [0.25, 0.3) is 0 Å². The molecule has 0 radical (unpaired) electrons. The molecule has 0 aromatic heterocycles. The van der Waals surface area contributed by atoms with Crippen LogP contribution in [0.4, 0.5) is 5.69 Å². The molecule has 0 saturated heterocycles. The van der Waals surface area contributed by atoms with E-state index in [2.05, 4.69) is 25.7 Å². The molecule has 0 amide bonds. The van der Waals surface area contributed by atoms with Crippen molar-refractivity contribution in [3.05, 3.63) is 64.4 Å². The van der Waals surface area contributed by atoms with Gasteiger partial charge >= 0.3 is 5.97 Å². The lowest BCUT2D eigenvalue weighted by molar-refractivity contribution is -0.136. The van der Waals surface area contributed by atoms with E-state index in [1.54, 1.807) is 6.08 Å². The van der Waals surface area contributed by atoms with E-state index in [1.807, 2.05) is 24.3 Å². The van der Waals surface area contributed by atoms with Crippen LogP contribution in [0.5, 0.6) is 0 Å². The summed E-state index contributed by atoms with van der Waals surface area (Å²) in [4.78, 5) is 10.9. The van der Waals surface area contributed by atoms with Crippen molar-refractivity contribution in [3.63, 3.8) is 0 Å². The van der Waals surface area contributed by atoms with Crippen LogP contribution in [-0.4, -0.2) is 24.2 Å². The zero-order chi connectivity index (χ0) is 20.4. The molecule has 27 heavy (non-hydrogen) atoms. The fraction of sp³-hybridized carbons (Fsp3) is 0.381. The van der Waals surface area contributed by atoms with Crippen molar-refractivity contribution in [2.24, 2.45) is 17.4 Å². The zero-order valence-electron chi connectivity index (χ0n) is 16.1. The Kier molecular flexibility index (Phi) is 9.68. The number of carbonyl (C=O) groups is 1. The Hall–Kier alpha value is -2.24. The fourth-order valence-electron chi connectivity index (χ4n) is 2.49. The lowest BCUT2D eigenvalue weighted by Crippen LogP contribution is -2.10. The first-order valence-electron chi connectivity index (χ1n) is 9.03. The van der Waals surface area contributed by atoms with Crippen LogP contribution in [0, 0.1) is 5.92 Å². The number of carboxylic acids is 1. The molecule has 6 N–H and O–H groups in total. The lowest BCUT2D eigenvalue weighted by Gasteiger charge is -2.16. The second-order valence-corrected chi connectivity index (χ2v) is 7.17. The number of hydrogen-bond donors (Lipinski definition) is 4. The van der Waals surface area contributed by atoms with E-state index in [0.717, 1.165) is 28.9 Å². The van der Waals surface area contributed by atoms with E-state index >= 15 is 0 Å². The topological polar surface area (TPSA) is 101 Å². The molecule has 0 heterocycles. The number of aryl methyl sites for hydroxylation is 1. The molecule has 6 heteroatoms. The summed E-state index contributed by atoms with van der Waals surface area (Å²) in [5.41, 5.74) is 15.8. The van der Waals surface area contributed by atoms with Gasteiger partial charge in [0.15, 0.2) is 0 Å². The predicted molar refractivity (Wildman–Crippen MR) is 114 cm³/mol. The van der Waals surface area contributed by atoms with E-state index in [1.165, 1.54) is 0 Å². The van der Waals surface area contributed by atoms with Gasteiger partial charge in [-0.1, -0.05) is 50.2 Å². The van der Waals surface area contributed by atoms with Gasteiger partial charge in [0.2, 0.25) is 0 Å². The Bertz CT molecular complexity index is 724. The first-order valence-corrected chi connectivity index (χ1v) is 9.40. The summed E-state index contributed by atoms with van der Waals surface area (Å²) in [6.07, 6.45) is 6.50. The number of rotatable bonds is 11. The number of aliphatic carboxylic acids is 1. The maximum absolute atomic E-state index is 10.9. The minimum atomic E-state index is -0.842. The minimum Gasteiger partial charge on any atom is -0.481 e. The number of nitrogens with one attached hydrogen (secondary N) is 1. The summed E-state index contributed by atoms with van der Waals surface area (Å²) in [5, 5.41) is 12.9. The quantitative estimate of drug-likeness (QED) is 0.429. The van der Waals surface area contributed by atoms with Crippen molar-refractivity contribution < 1.29 is 9.90 Å². The Morgan fingerprint density at radius 3 is 2.63 bits per heavy atom. The Morgan fingerprint density at radius 1 is 1.37 bits per heavy atom. The van der Waals surface area contributed by atoms with Crippen molar-refractivity contribution in [1.82, 2.24) is 0 Å². The summed E-state index contributed by atoms with van der Waals surface area (Å²) in [5.74, 6) is -0.358. The van der Waals surface area contributed by atoms with Gasteiger partial charge in [0, 0.05) is 35.9 Å². The monoisotopic (exact) mass is 391 g/mol. The van der Waals surface area contributed by atoms with Crippen LogP contribution in [0.2, 0.25) is 5.02 Å². The molecule has 0 bridgehead atoms. The molecular formula is C21H30ClN3O2. The first kappa shape index (κ1) is 22.8. The maximum atomic E-state index is 10.9. The highest BCUT2D eigenvalue weighted by Gasteiger charge is 2.10. The highest BCUT2D eigenvalue weighted by molar-refractivity contribution is 6.31. The van der Waals surface area contributed by atoms with Crippen molar-refractivity contribution >= 4 is 23.3 Å². The molecule has 0 aliphatic carbocycles. The predicted octanol–water partition coefficient (Wildman–Crippen LogP) is 3.88. The second-order valence-electron chi connectivity index (χ2n) is 6.76. The Balaban J connectivity index is 3.10. The van der Waals surface area contributed by atoms with E-state index in [4.69, 9.17) is 28.2 Å². The van der Waals surface area contributed by atoms with Crippen LogP contribution in [0.1, 0.15) is 31.4 Å². The van der Waals surface area contributed by atoms with Crippen molar-refractivity contribution in [2.75, 3.05) is 18.4 Å². The second kappa shape index (κ2) is 11.5. The number of benzene rings is 1. The van der Waals surface area contributed by atoms with Gasteiger partial charge in [-0.3, -0.25) is 4.79 Å². The molecule has 0 unspecified atom stereocenters. The Morgan fingerprint density at radius 2 is 2.07 bits per heavy atom. The van der Waals surface area contributed by atoms with Crippen LogP contribution in [-0.2, 0) is 17.6 Å². The van der Waals surface area contributed by atoms with Crippen LogP contribution in [0.25, 0.3) is 0 Å². The number of anilines is 1. The van der Waals surface area contributed by atoms with Gasteiger partial charge in [-0.2, -0.15) is 0 Å². The number of allylic oxidation sites excluding steroid dienone is 2. The van der Waals surface area contributed by atoms with E-state index in [-0.39, 0.29) is 6.42 Å². The summed E-state index contributed by atoms with van der Waals surface area (Å²) in [7, 11) is 0. The minimum absolute atomic E-state index is 0.0443. The van der Waals surface area contributed by atoms with Crippen molar-refractivity contribution in [1.29, 1.82) is 0 Å². The molecule has 0 atom stereocenters. The Labute approximate surface area is 166 Å². The fourth-order valence-corrected chi connectivity index (χ4v) is 2.75. The largest absolute Gasteiger partial charge is 0.481 e. The van der Waals surface area contributed by atoms with Crippen molar-refractivity contribution in [3.8, 4) is 0 Å². The molecule has 148 valence electrons. The zero-order valence-corrected chi connectivity index (χ0v) is 16.9. The molecule has 0 fully saturated rings. The summed E-state index contributed by atoms with van der Waals surface area (Å²) < 4.78 is 0. The SMILES string of the molecule is C=C/C(CN)=C(N)\C=C/Cc1cc(CCC(=O)O)c(Cl)cc1NCC(C)C. The smallest absolute Gasteiger partial charge is 0.303 e. The summed E-state index contributed by atoms with van der Waals surface area (Å²) >= 11 is 6.36. The molecule has 1 aromatic rings. The average Bonchev–Trinajstić information content (AvgIpc) is 2.61. The molecule has 1 rings (SSSR count). The molecule has 0 saturated carbocycles.